The van der Waals surface area contributed by atoms with Crippen LogP contribution in [-0.4, -0.2) is 23.0 Å². The molecule has 8 heteroatoms. The van der Waals surface area contributed by atoms with Gasteiger partial charge in [-0.15, -0.1) is 11.3 Å². The zero-order chi connectivity index (χ0) is 19.7. The predicted molar refractivity (Wildman–Crippen MR) is 113 cm³/mol. The lowest BCUT2D eigenvalue weighted by atomic mass is 10.2. The van der Waals surface area contributed by atoms with Crippen molar-refractivity contribution in [3.05, 3.63) is 64.6 Å². The number of fused-ring (bicyclic) bond motifs is 1. The molecule has 3 aromatic heterocycles. The van der Waals surface area contributed by atoms with E-state index >= 15 is 0 Å². The average Bonchev–Trinajstić information content (AvgIpc) is 3.05. The van der Waals surface area contributed by atoms with Crippen molar-refractivity contribution in [2.24, 2.45) is 0 Å². The third-order valence-corrected chi connectivity index (χ3v) is 5.49. The molecule has 4 aromatic rings. The number of carbonyl (C=O) groups excluding carboxylic acids is 1. The topological polar surface area (TPSA) is 90.1 Å². The maximum atomic E-state index is 12.8. The Kier molecular flexibility index (Phi) is 4.85. The maximum absolute atomic E-state index is 12.8. The van der Waals surface area contributed by atoms with Crippen LogP contribution in [0.15, 0.2) is 54.7 Å². The van der Waals surface area contributed by atoms with Gasteiger partial charge in [-0.3, -0.25) is 9.78 Å². The Morgan fingerprint density at radius 1 is 1.18 bits per heavy atom. The summed E-state index contributed by atoms with van der Waals surface area (Å²) in [7, 11) is 1.52. The third kappa shape index (κ3) is 3.37. The normalized spacial score (nSPS) is 10.8. The Bertz CT molecular complexity index is 1180. The lowest BCUT2D eigenvalue weighted by molar-refractivity contribution is 0.103. The second-order valence-corrected chi connectivity index (χ2v) is 7.34. The average molecular weight is 411 g/mol. The van der Waals surface area contributed by atoms with Crippen LogP contribution < -0.4 is 15.8 Å². The van der Waals surface area contributed by atoms with Gasteiger partial charge in [0.25, 0.3) is 5.91 Å². The summed E-state index contributed by atoms with van der Waals surface area (Å²) in [5.41, 5.74) is 8.55. The molecule has 0 aliphatic carbocycles. The number of nitrogens with zero attached hydrogens (tertiary/aromatic N) is 2. The van der Waals surface area contributed by atoms with Crippen LogP contribution in [0.5, 0.6) is 5.75 Å². The van der Waals surface area contributed by atoms with Gasteiger partial charge in [0.2, 0.25) is 0 Å². The van der Waals surface area contributed by atoms with Gasteiger partial charge in [0, 0.05) is 16.6 Å². The molecule has 6 nitrogen and oxygen atoms in total. The number of thiophene rings is 1. The van der Waals surface area contributed by atoms with Gasteiger partial charge in [-0.2, -0.15) is 0 Å². The van der Waals surface area contributed by atoms with Gasteiger partial charge in [0.05, 0.1) is 29.9 Å². The summed E-state index contributed by atoms with van der Waals surface area (Å²) in [6, 6.07) is 14.3. The zero-order valence-electron chi connectivity index (χ0n) is 14.8. The van der Waals surface area contributed by atoms with E-state index in [1.807, 2.05) is 30.3 Å². The van der Waals surface area contributed by atoms with E-state index in [0.717, 1.165) is 16.8 Å². The molecule has 0 atom stereocenters. The molecule has 28 heavy (non-hydrogen) atoms. The van der Waals surface area contributed by atoms with E-state index in [2.05, 4.69) is 15.3 Å². The number of nitrogen functional groups attached to an aromatic ring is 1. The van der Waals surface area contributed by atoms with Crippen molar-refractivity contribution >= 4 is 50.4 Å². The number of nitrogens with two attached hydrogens (primary N) is 1. The summed E-state index contributed by atoms with van der Waals surface area (Å²) >= 11 is 7.26. The number of anilines is 2. The zero-order valence-corrected chi connectivity index (χ0v) is 16.3. The van der Waals surface area contributed by atoms with Gasteiger partial charge in [-0.25, -0.2) is 4.98 Å². The van der Waals surface area contributed by atoms with Gasteiger partial charge < -0.3 is 15.8 Å². The Labute approximate surface area is 170 Å². The van der Waals surface area contributed by atoms with E-state index in [0.29, 0.717) is 31.9 Å². The van der Waals surface area contributed by atoms with Crippen molar-refractivity contribution in [2.75, 3.05) is 18.2 Å². The highest BCUT2D eigenvalue weighted by atomic mass is 35.5. The van der Waals surface area contributed by atoms with E-state index in [9.17, 15) is 4.79 Å². The minimum atomic E-state index is -0.347. The summed E-state index contributed by atoms with van der Waals surface area (Å²) in [6.45, 7) is 0. The number of nitrogens with one attached hydrogen (secondary N) is 1. The highest BCUT2D eigenvalue weighted by Gasteiger charge is 2.19. The highest BCUT2D eigenvalue weighted by Crippen LogP contribution is 2.35. The van der Waals surface area contributed by atoms with E-state index < -0.39 is 0 Å². The third-order valence-electron chi connectivity index (χ3n) is 4.14. The first-order valence-electron chi connectivity index (χ1n) is 8.32. The molecule has 1 aromatic carbocycles. The molecule has 0 spiro atoms. The SMILES string of the molecule is COc1ccc(Cl)cc1NC(=O)c1sc2nc(-c3ccccn3)ccc2c1N. The summed E-state index contributed by atoms with van der Waals surface area (Å²) in [5, 5.41) is 4.03. The fourth-order valence-electron chi connectivity index (χ4n) is 2.78. The molecule has 0 bridgehead atoms. The van der Waals surface area contributed by atoms with Crippen molar-refractivity contribution in [1.82, 2.24) is 9.97 Å². The van der Waals surface area contributed by atoms with Gasteiger partial charge in [0.1, 0.15) is 15.5 Å². The first-order valence-corrected chi connectivity index (χ1v) is 9.51. The molecule has 0 radical (unpaired) electrons. The molecule has 0 aliphatic heterocycles. The monoisotopic (exact) mass is 410 g/mol. The number of amides is 1. The van der Waals surface area contributed by atoms with Crippen molar-refractivity contribution in [1.29, 1.82) is 0 Å². The van der Waals surface area contributed by atoms with Crippen molar-refractivity contribution in [2.45, 2.75) is 0 Å². The molecular weight excluding hydrogens is 396 g/mol. The van der Waals surface area contributed by atoms with E-state index in [4.69, 9.17) is 22.1 Å². The summed E-state index contributed by atoms with van der Waals surface area (Å²) in [4.78, 5) is 22.8. The van der Waals surface area contributed by atoms with Gasteiger partial charge in [0.15, 0.2) is 0 Å². The fraction of sp³-hybridized carbons (Fsp3) is 0.0500. The first-order chi connectivity index (χ1) is 13.6. The summed E-state index contributed by atoms with van der Waals surface area (Å²) in [6.07, 6.45) is 1.71. The van der Waals surface area contributed by atoms with Crippen LogP contribution in [0.2, 0.25) is 5.02 Å². The molecule has 3 heterocycles. The van der Waals surface area contributed by atoms with Crippen LogP contribution in [0.3, 0.4) is 0 Å². The summed E-state index contributed by atoms with van der Waals surface area (Å²) < 4.78 is 5.27. The molecule has 0 fully saturated rings. The molecule has 1 amide bonds. The molecule has 3 N–H and O–H groups in total. The predicted octanol–water partition coefficient (Wildman–Crippen LogP) is 4.85. The summed E-state index contributed by atoms with van der Waals surface area (Å²) in [5.74, 6) is 0.161. The minimum Gasteiger partial charge on any atom is -0.495 e. The van der Waals surface area contributed by atoms with E-state index in [-0.39, 0.29) is 5.91 Å². The van der Waals surface area contributed by atoms with Gasteiger partial charge in [-0.05, 0) is 42.5 Å². The number of pyridine rings is 2. The van der Waals surface area contributed by atoms with Crippen molar-refractivity contribution in [3.63, 3.8) is 0 Å². The molecule has 0 aliphatic rings. The molecule has 4 rings (SSSR count). The molecule has 140 valence electrons. The molecular formula is C20H15ClN4O2S. The van der Waals surface area contributed by atoms with Crippen LogP contribution in [0, 0.1) is 0 Å². The molecule has 0 unspecified atom stereocenters. The standard InChI is InChI=1S/C20H15ClN4O2S/c1-27-16-8-5-11(21)10-15(16)24-19(26)18-17(22)12-6-7-14(25-20(12)28-18)13-4-2-3-9-23-13/h2-10H,22H2,1H3,(H,24,26). The van der Waals surface area contributed by atoms with Crippen LogP contribution in [-0.2, 0) is 0 Å². The largest absolute Gasteiger partial charge is 0.495 e. The number of aromatic nitrogens is 2. The van der Waals surface area contributed by atoms with Gasteiger partial charge in [-0.1, -0.05) is 17.7 Å². The number of carbonyl (C=O) groups is 1. The lowest BCUT2D eigenvalue weighted by Gasteiger charge is -2.10. The smallest absolute Gasteiger partial charge is 0.268 e. The molecule has 0 saturated heterocycles. The van der Waals surface area contributed by atoms with E-state index in [1.165, 1.54) is 18.4 Å². The number of ether oxygens (including phenoxy) is 1. The van der Waals surface area contributed by atoms with Crippen LogP contribution >= 0.6 is 22.9 Å². The molecule has 0 saturated carbocycles. The van der Waals surface area contributed by atoms with Crippen LogP contribution in [0.1, 0.15) is 9.67 Å². The second kappa shape index (κ2) is 7.46. The quantitative estimate of drug-likeness (QED) is 0.501. The minimum absolute atomic E-state index is 0.347. The van der Waals surface area contributed by atoms with Crippen LogP contribution in [0.25, 0.3) is 21.6 Å². The van der Waals surface area contributed by atoms with Crippen molar-refractivity contribution < 1.29 is 9.53 Å². The fourth-order valence-corrected chi connectivity index (χ4v) is 3.94. The number of halogens is 1. The number of hydrogen-bond donors (Lipinski definition) is 2. The first kappa shape index (κ1) is 18.2. The number of methoxy groups -OCH3 is 1. The number of benzene rings is 1. The number of hydrogen-bond acceptors (Lipinski definition) is 6. The van der Waals surface area contributed by atoms with Crippen LogP contribution in [0.4, 0.5) is 11.4 Å². The Balaban J connectivity index is 1.70. The van der Waals surface area contributed by atoms with Gasteiger partial charge >= 0.3 is 0 Å². The van der Waals surface area contributed by atoms with Crippen molar-refractivity contribution in [3.8, 4) is 17.1 Å². The Morgan fingerprint density at radius 2 is 2.04 bits per heavy atom. The lowest BCUT2D eigenvalue weighted by Crippen LogP contribution is -2.12. The van der Waals surface area contributed by atoms with E-state index in [1.54, 1.807) is 24.4 Å². The Hall–Kier alpha value is -3.16. The second-order valence-electron chi connectivity index (χ2n) is 5.91. The highest BCUT2D eigenvalue weighted by molar-refractivity contribution is 7.21. The maximum Gasteiger partial charge on any atom is 0.268 e. The Morgan fingerprint density at radius 3 is 2.79 bits per heavy atom. The number of rotatable bonds is 4.